The number of halogens is 2. The molecule has 0 aliphatic heterocycles. The molecule has 0 saturated heterocycles. The number of hydrogen-bond acceptors (Lipinski definition) is 3. The molecule has 17 heavy (non-hydrogen) atoms. The number of nitrogens with one attached hydrogen (secondary N) is 1. The van der Waals surface area contributed by atoms with Crippen LogP contribution in [0.25, 0.3) is 0 Å². The molecule has 0 fully saturated rings. The standard InChI is InChI=1S/C11H11BrFN3O/c12-7-2-1-6(9(13)4-7)3-10(17)8-5-15-16-11(8)14/h1-2,4-5,10,17H,3H2,(H3,14,15,16). The highest BCUT2D eigenvalue weighted by Crippen LogP contribution is 2.24. The van der Waals surface area contributed by atoms with Gasteiger partial charge in [-0.2, -0.15) is 5.10 Å². The summed E-state index contributed by atoms with van der Waals surface area (Å²) < 4.78 is 14.2. The SMILES string of the molecule is Nc1[nH]ncc1C(O)Cc1ccc(Br)cc1F. The van der Waals surface area contributed by atoms with Crippen LogP contribution in [0.15, 0.2) is 28.9 Å². The number of nitrogens with zero attached hydrogens (tertiary/aromatic N) is 1. The Balaban J connectivity index is 2.19. The molecule has 4 nitrogen and oxygen atoms in total. The van der Waals surface area contributed by atoms with Crippen LogP contribution in [0.5, 0.6) is 0 Å². The lowest BCUT2D eigenvalue weighted by Crippen LogP contribution is -2.05. The third-order valence-electron chi connectivity index (χ3n) is 2.49. The topological polar surface area (TPSA) is 74.9 Å². The summed E-state index contributed by atoms with van der Waals surface area (Å²) in [5, 5.41) is 16.2. The zero-order chi connectivity index (χ0) is 12.4. The van der Waals surface area contributed by atoms with Crippen molar-refractivity contribution in [2.24, 2.45) is 0 Å². The van der Waals surface area contributed by atoms with Crippen LogP contribution >= 0.6 is 15.9 Å². The van der Waals surface area contributed by atoms with Gasteiger partial charge in [0.05, 0.1) is 12.3 Å². The summed E-state index contributed by atoms with van der Waals surface area (Å²) in [6.45, 7) is 0. The molecule has 0 aliphatic rings. The fraction of sp³-hybridized carbons (Fsp3) is 0.182. The van der Waals surface area contributed by atoms with Gasteiger partial charge in [-0.05, 0) is 17.7 Å². The van der Waals surface area contributed by atoms with Crippen LogP contribution in [-0.4, -0.2) is 15.3 Å². The van der Waals surface area contributed by atoms with Crippen molar-refractivity contribution in [3.05, 3.63) is 45.8 Å². The summed E-state index contributed by atoms with van der Waals surface area (Å²) in [6.07, 6.45) is 0.726. The van der Waals surface area contributed by atoms with Gasteiger partial charge in [-0.25, -0.2) is 4.39 Å². The molecule has 1 heterocycles. The van der Waals surface area contributed by atoms with Crippen molar-refractivity contribution >= 4 is 21.7 Å². The monoisotopic (exact) mass is 299 g/mol. The van der Waals surface area contributed by atoms with E-state index in [0.717, 1.165) is 0 Å². The Hall–Kier alpha value is -1.40. The van der Waals surface area contributed by atoms with Crippen molar-refractivity contribution in [1.82, 2.24) is 10.2 Å². The number of aromatic amines is 1. The van der Waals surface area contributed by atoms with E-state index < -0.39 is 6.10 Å². The third-order valence-corrected chi connectivity index (χ3v) is 2.98. The van der Waals surface area contributed by atoms with E-state index >= 15 is 0 Å². The molecule has 90 valence electrons. The van der Waals surface area contributed by atoms with E-state index in [9.17, 15) is 9.50 Å². The quantitative estimate of drug-likeness (QED) is 0.813. The number of H-pyrrole nitrogens is 1. The highest BCUT2D eigenvalue weighted by Gasteiger charge is 2.15. The maximum Gasteiger partial charge on any atom is 0.127 e. The molecular weight excluding hydrogens is 289 g/mol. The van der Waals surface area contributed by atoms with Crippen molar-refractivity contribution in [3.8, 4) is 0 Å². The minimum atomic E-state index is -0.871. The number of aliphatic hydroxyl groups excluding tert-OH is 1. The third kappa shape index (κ3) is 2.65. The van der Waals surface area contributed by atoms with Crippen LogP contribution in [0.4, 0.5) is 10.2 Å². The van der Waals surface area contributed by atoms with Gasteiger partial charge in [-0.3, -0.25) is 5.10 Å². The highest BCUT2D eigenvalue weighted by atomic mass is 79.9. The van der Waals surface area contributed by atoms with Gasteiger partial charge in [0.1, 0.15) is 11.6 Å². The number of aromatic nitrogens is 2. The molecule has 0 spiro atoms. The zero-order valence-corrected chi connectivity index (χ0v) is 10.4. The lowest BCUT2D eigenvalue weighted by molar-refractivity contribution is 0.178. The van der Waals surface area contributed by atoms with Gasteiger partial charge in [-0.15, -0.1) is 0 Å². The fourth-order valence-corrected chi connectivity index (χ4v) is 1.91. The number of anilines is 1. The highest BCUT2D eigenvalue weighted by molar-refractivity contribution is 9.10. The van der Waals surface area contributed by atoms with Crippen molar-refractivity contribution in [1.29, 1.82) is 0 Å². The molecular formula is C11H11BrFN3O. The predicted molar refractivity (Wildman–Crippen MR) is 65.8 cm³/mol. The van der Waals surface area contributed by atoms with Crippen molar-refractivity contribution in [2.75, 3.05) is 5.73 Å². The normalized spacial score (nSPS) is 12.6. The first-order valence-corrected chi connectivity index (χ1v) is 5.78. The number of benzene rings is 1. The first-order valence-electron chi connectivity index (χ1n) is 4.98. The van der Waals surface area contributed by atoms with Gasteiger partial charge < -0.3 is 10.8 Å². The molecule has 0 saturated carbocycles. The van der Waals surface area contributed by atoms with Crippen molar-refractivity contribution < 1.29 is 9.50 Å². The number of nitrogens with two attached hydrogens (primary N) is 1. The smallest absolute Gasteiger partial charge is 0.127 e. The van der Waals surface area contributed by atoms with E-state index in [-0.39, 0.29) is 12.2 Å². The Morgan fingerprint density at radius 1 is 1.53 bits per heavy atom. The van der Waals surface area contributed by atoms with Gasteiger partial charge in [0.25, 0.3) is 0 Å². The van der Waals surface area contributed by atoms with Crippen molar-refractivity contribution in [3.63, 3.8) is 0 Å². The average Bonchev–Trinajstić information content (AvgIpc) is 2.68. The van der Waals surface area contributed by atoms with E-state index in [0.29, 0.717) is 21.4 Å². The van der Waals surface area contributed by atoms with Gasteiger partial charge in [0.15, 0.2) is 0 Å². The van der Waals surface area contributed by atoms with Gasteiger partial charge in [0.2, 0.25) is 0 Å². The first kappa shape index (κ1) is 12.1. The second kappa shape index (κ2) is 4.85. The lowest BCUT2D eigenvalue weighted by Gasteiger charge is -2.10. The Labute approximate surface area is 106 Å². The number of nitrogen functional groups attached to an aromatic ring is 1. The molecule has 1 atom stereocenters. The summed E-state index contributed by atoms with van der Waals surface area (Å²) in [6, 6.07) is 4.71. The van der Waals surface area contributed by atoms with Gasteiger partial charge in [-0.1, -0.05) is 22.0 Å². The Kier molecular flexibility index (Phi) is 3.44. The Morgan fingerprint density at radius 3 is 2.88 bits per heavy atom. The zero-order valence-electron chi connectivity index (χ0n) is 8.82. The molecule has 0 bridgehead atoms. The fourth-order valence-electron chi connectivity index (χ4n) is 1.58. The van der Waals surface area contributed by atoms with E-state index in [1.807, 2.05) is 0 Å². The summed E-state index contributed by atoms with van der Waals surface area (Å²) in [4.78, 5) is 0. The second-order valence-corrected chi connectivity index (χ2v) is 4.61. The Morgan fingerprint density at radius 2 is 2.29 bits per heavy atom. The summed E-state index contributed by atoms with van der Waals surface area (Å²) >= 11 is 3.18. The van der Waals surface area contributed by atoms with Crippen LogP contribution < -0.4 is 5.73 Å². The second-order valence-electron chi connectivity index (χ2n) is 3.69. The molecule has 0 radical (unpaired) electrons. The number of hydrogen-bond donors (Lipinski definition) is 3. The average molecular weight is 300 g/mol. The molecule has 0 aliphatic carbocycles. The molecule has 1 aromatic carbocycles. The molecule has 0 amide bonds. The van der Waals surface area contributed by atoms with Crippen LogP contribution in [0.2, 0.25) is 0 Å². The van der Waals surface area contributed by atoms with Crippen LogP contribution in [-0.2, 0) is 6.42 Å². The molecule has 4 N–H and O–H groups in total. The minimum Gasteiger partial charge on any atom is -0.388 e. The molecule has 1 unspecified atom stereocenters. The van der Waals surface area contributed by atoms with Crippen molar-refractivity contribution in [2.45, 2.75) is 12.5 Å². The first-order chi connectivity index (χ1) is 8.08. The Bertz CT molecular complexity index is 529. The molecule has 1 aromatic heterocycles. The lowest BCUT2D eigenvalue weighted by atomic mass is 10.0. The predicted octanol–water partition coefficient (Wildman–Crippen LogP) is 2.17. The molecule has 2 rings (SSSR count). The molecule has 2 aromatic rings. The maximum absolute atomic E-state index is 13.6. The van der Waals surface area contributed by atoms with E-state index in [1.54, 1.807) is 12.1 Å². The number of rotatable bonds is 3. The molecule has 6 heteroatoms. The summed E-state index contributed by atoms with van der Waals surface area (Å²) in [5.74, 6) is -0.0597. The summed E-state index contributed by atoms with van der Waals surface area (Å²) in [5.41, 5.74) is 6.49. The van der Waals surface area contributed by atoms with Crippen LogP contribution in [0.3, 0.4) is 0 Å². The minimum absolute atomic E-state index is 0.156. The van der Waals surface area contributed by atoms with Gasteiger partial charge in [0, 0.05) is 16.5 Å². The van der Waals surface area contributed by atoms with E-state index in [2.05, 4.69) is 26.1 Å². The largest absolute Gasteiger partial charge is 0.388 e. The van der Waals surface area contributed by atoms with Gasteiger partial charge >= 0.3 is 0 Å². The number of aliphatic hydroxyl groups is 1. The van der Waals surface area contributed by atoms with E-state index in [4.69, 9.17) is 5.73 Å². The van der Waals surface area contributed by atoms with E-state index in [1.165, 1.54) is 12.3 Å². The maximum atomic E-state index is 13.6. The summed E-state index contributed by atoms with van der Waals surface area (Å²) in [7, 11) is 0. The van der Waals surface area contributed by atoms with Crippen LogP contribution in [0, 0.1) is 5.82 Å². The van der Waals surface area contributed by atoms with Crippen LogP contribution in [0.1, 0.15) is 17.2 Å².